The van der Waals surface area contributed by atoms with Gasteiger partial charge >= 0.3 is 5.97 Å². The highest BCUT2D eigenvalue weighted by atomic mass is 35.5. The minimum absolute atomic E-state index is 0.0168. The summed E-state index contributed by atoms with van der Waals surface area (Å²) in [5.74, 6) is -0.719. The van der Waals surface area contributed by atoms with Crippen molar-refractivity contribution in [3.63, 3.8) is 0 Å². The Kier molecular flexibility index (Phi) is 5.56. The van der Waals surface area contributed by atoms with Crippen molar-refractivity contribution in [1.82, 2.24) is 9.78 Å². The van der Waals surface area contributed by atoms with Crippen molar-refractivity contribution in [3.05, 3.63) is 74.1 Å². The summed E-state index contributed by atoms with van der Waals surface area (Å²) in [7, 11) is 0. The quantitative estimate of drug-likeness (QED) is 0.674. The van der Waals surface area contributed by atoms with E-state index in [-0.39, 0.29) is 31.0 Å². The number of ether oxygens (including phenoxy) is 1. The molecule has 3 aromatic rings. The number of aliphatic hydroxyl groups is 1. The Labute approximate surface area is 158 Å². The highest BCUT2D eigenvalue weighted by Crippen LogP contribution is 2.25. The van der Waals surface area contributed by atoms with Gasteiger partial charge in [-0.2, -0.15) is 5.10 Å². The number of hydrogen-bond acceptors (Lipinski definition) is 5. The second-order valence-electron chi connectivity index (χ2n) is 5.42. The van der Waals surface area contributed by atoms with Gasteiger partial charge in [0.05, 0.1) is 18.5 Å². The molecule has 0 bridgehead atoms. The van der Waals surface area contributed by atoms with Crippen LogP contribution in [0, 0.1) is 0 Å². The summed E-state index contributed by atoms with van der Waals surface area (Å²) < 4.78 is 6.35. The van der Waals surface area contributed by atoms with Crippen LogP contribution in [0.4, 0.5) is 0 Å². The summed E-state index contributed by atoms with van der Waals surface area (Å²) in [4.78, 5) is 24.9. The van der Waals surface area contributed by atoms with E-state index in [9.17, 15) is 9.59 Å². The maximum absolute atomic E-state index is 12.6. The Balaban J connectivity index is 1.98. The lowest BCUT2D eigenvalue weighted by atomic mass is 10.1. The lowest BCUT2D eigenvalue weighted by Gasteiger charge is -2.11. The van der Waals surface area contributed by atoms with Gasteiger partial charge in [0.15, 0.2) is 5.69 Å². The van der Waals surface area contributed by atoms with E-state index in [0.29, 0.717) is 26.4 Å². The molecule has 0 aliphatic carbocycles. The third kappa shape index (κ3) is 3.58. The average Bonchev–Trinajstić information content (AvgIpc) is 2.63. The van der Waals surface area contributed by atoms with Gasteiger partial charge in [0, 0.05) is 21.0 Å². The normalized spacial score (nSPS) is 10.9. The number of benzene rings is 2. The summed E-state index contributed by atoms with van der Waals surface area (Å²) >= 11 is 12.2. The number of aliphatic hydroxyl groups excluding tert-OH is 1. The predicted octanol–water partition coefficient (Wildman–Crippen LogP) is 3.05. The van der Waals surface area contributed by atoms with E-state index in [1.165, 1.54) is 0 Å². The smallest absolute Gasteiger partial charge is 0.359 e. The second kappa shape index (κ2) is 7.86. The van der Waals surface area contributed by atoms with Gasteiger partial charge in [-0.1, -0.05) is 47.5 Å². The van der Waals surface area contributed by atoms with E-state index in [2.05, 4.69) is 5.10 Å². The van der Waals surface area contributed by atoms with E-state index >= 15 is 0 Å². The van der Waals surface area contributed by atoms with E-state index in [4.69, 9.17) is 33.0 Å². The Morgan fingerprint density at radius 1 is 1.08 bits per heavy atom. The molecular weight excluding hydrogens is 379 g/mol. The van der Waals surface area contributed by atoms with Crippen molar-refractivity contribution in [1.29, 1.82) is 0 Å². The van der Waals surface area contributed by atoms with Crippen molar-refractivity contribution in [2.45, 2.75) is 13.2 Å². The van der Waals surface area contributed by atoms with Gasteiger partial charge in [-0.05, 0) is 18.2 Å². The van der Waals surface area contributed by atoms with Crippen LogP contribution >= 0.6 is 23.2 Å². The molecule has 0 radical (unpaired) electrons. The van der Waals surface area contributed by atoms with Crippen LogP contribution in [-0.4, -0.2) is 27.5 Å². The van der Waals surface area contributed by atoms with Gasteiger partial charge in [0.1, 0.15) is 6.61 Å². The Hall–Kier alpha value is -2.41. The lowest BCUT2D eigenvalue weighted by Crippen LogP contribution is -2.27. The van der Waals surface area contributed by atoms with Gasteiger partial charge in [-0.3, -0.25) is 4.79 Å². The summed E-state index contributed by atoms with van der Waals surface area (Å²) in [6.45, 7) is -0.443. The predicted molar refractivity (Wildman–Crippen MR) is 98.7 cm³/mol. The minimum atomic E-state index is -0.719. The molecule has 1 N–H and O–H groups in total. The van der Waals surface area contributed by atoms with Crippen LogP contribution in [0.25, 0.3) is 10.8 Å². The molecule has 1 heterocycles. The first-order chi connectivity index (χ1) is 12.5. The molecule has 0 atom stereocenters. The number of aromatic nitrogens is 2. The number of hydrogen-bond donors (Lipinski definition) is 1. The van der Waals surface area contributed by atoms with Crippen LogP contribution in [0.3, 0.4) is 0 Å². The molecule has 2 aromatic carbocycles. The molecule has 6 nitrogen and oxygen atoms in total. The molecule has 1 aromatic heterocycles. The first-order valence-electron chi connectivity index (χ1n) is 7.73. The zero-order valence-electron chi connectivity index (χ0n) is 13.5. The Morgan fingerprint density at radius 2 is 1.73 bits per heavy atom. The number of esters is 1. The summed E-state index contributed by atoms with van der Waals surface area (Å²) in [6.07, 6.45) is 0. The molecule has 0 saturated heterocycles. The van der Waals surface area contributed by atoms with Crippen molar-refractivity contribution >= 4 is 39.9 Å². The van der Waals surface area contributed by atoms with Crippen molar-refractivity contribution in [2.24, 2.45) is 0 Å². The van der Waals surface area contributed by atoms with Crippen LogP contribution in [-0.2, 0) is 17.9 Å². The first kappa shape index (κ1) is 18.4. The largest absolute Gasteiger partial charge is 0.456 e. The molecule has 0 spiro atoms. The van der Waals surface area contributed by atoms with Crippen LogP contribution in [0.2, 0.25) is 10.0 Å². The number of carbonyl (C=O) groups excluding carboxylic acids is 1. The molecular formula is C18H14Cl2N2O4. The maximum atomic E-state index is 12.6. The summed E-state index contributed by atoms with van der Waals surface area (Å²) in [6, 6.07) is 11.6. The zero-order valence-corrected chi connectivity index (χ0v) is 15.0. The van der Waals surface area contributed by atoms with E-state index in [1.54, 1.807) is 42.5 Å². The molecule has 26 heavy (non-hydrogen) atoms. The van der Waals surface area contributed by atoms with Gasteiger partial charge in [-0.25, -0.2) is 9.48 Å². The monoisotopic (exact) mass is 392 g/mol. The fourth-order valence-corrected chi connectivity index (χ4v) is 3.02. The third-order valence-electron chi connectivity index (χ3n) is 3.78. The second-order valence-corrected chi connectivity index (χ2v) is 6.24. The molecule has 0 unspecified atom stereocenters. The standard InChI is InChI=1S/C18H14Cl2N2O4/c19-14-6-3-7-15(20)13(14)10-26-18(25)16-11-4-1-2-5-12(11)17(24)22(21-16)8-9-23/h1-7,23H,8-10H2. The average molecular weight is 393 g/mol. The number of nitrogens with zero attached hydrogens (tertiary/aromatic N) is 2. The first-order valence-corrected chi connectivity index (χ1v) is 8.49. The molecule has 0 aliphatic rings. The van der Waals surface area contributed by atoms with Crippen LogP contribution in [0.5, 0.6) is 0 Å². The molecule has 0 amide bonds. The van der Waals surface area contributed by atoms with Crippen LogP contribution < -0.4 is 5.56 Å². The van der Waals surface area contributed by atoms with Crippen molar-refractivity contribution < 1.29 is 14.6 Å². The van der Waals surface area contributed by atoms with E-state index < -0.39 is 5.97 Å². The molecule has 134 valence electrons. The SMILES string of the molecule is O=C(OCc1c(Cl)cccc1Cl)c1nn(CCO)c(=O)c2ccccc12. The third-order valence-corrected chi connectivity index (χ3v) is 4.49. The number of carbonyl (C=O) groups is 1. The maximum Gasteiger partial charge on any atom is 0.359 e. The summed E-state index contributed by atoms with van der Waals surface area (Å²) in [5.41, 5.74) is 0.0781. The van der Waals surface area contributed by atoms with Crippen molar-refractivity contribution in [2.75, 3.05) is 6.61 Å². The number of halogens is 2. The molecule has 0 saturated carbocycles. The van der Waals surface area contributed by atoms with Crippen LogP contribution in [0.15, 0.2) is 47.3 Å². The van der Waals surface area contributed by atoms with Gasteiger partial charge in [0.2, 0.25) is 0 Å². The Bertz CT molecular complexity index is 1010. The van der Waals surface area contributed by atoms with Gasteiger partial charge < -0.3 is 9.84 Å². The highest BCUT2D eigenvalue weighted by Gasteiger charge is 2.19. The lowest BCUT2D eigenvalue weighted by molar-refractivity contribution is 0.0465. The number of fused-ring (bicyclic) bond motifs is 1. The highest BCUT2D eigenvalue weighted by molar-refractivity contribution is 6.35. The zero-order chi connectivity index (χ0) is 18.7. The number of rotatable bonds is 5. The van der Waals surface area contributed by atoms with Gasteiger partial charge in [0.25, 0.3) is 5.56 Å². The van der Waals surface area contributed by atoms with E-state index in [0.717, 1.165) is 4.68 Å². The fraction of sp³-hybridized carbons (Fsp3) is 0.167. The molecule has 3 rings (SSSR count). The Morgan fingerprint density at radius 3 is 2.38 bits per heavy atom. The van der Waals surface area contributed by atoms with Crippen LogP contribution in [0.1, 0.15) is 16.1 Å². The van der Waals surface area contributed by atoms with Gasteiger partial charge in [-0.15, -0.1) is 0 Å². The molecule has 0 aliphatic heterocycles. The minimum Gasteiger partial charge on any atom is -0.456 e. The fourth-order valence-electron chi connectivity index (χ4n) is 2.51. The topological polar surface area (TPSA) is 81.4 Å². The van der Waals surface area contributed by atoms with Crippen molar-refractivity contribution in [3.8, 4) is 0 Å². The van der Waals surface area contributed by atoms with E-state index in [1.807, 2.05) is 0 Å². The molecule has 8 heteroatoms. The molecule has 0 fully saturated rings. The summed E-state index contributed by atoms with van der Waals surface area (Å²) in [5, 5.41) is 14.6.